The molecule has 36 heavy (non-hydrogen) atoms. The van der Waals surface area contributed by atoms with E-state index < -0.39 is 5.97 Å². The summed E-state index contributed by atoms with van der Waals surface area (Å²) in [5, 5.41) is 17.6. The number of aryl methyl sites for hydroxylation is 1. The number of aromatic nitrogens is 4. The molecule has 0 radical (unpaired) electrons. The van der Waals surface area contributed by atoms with E-state index in [9.17, 15) is 4.79 Å². The highest BCUT2D eigenvalue weighted by atomic mass is 35.5. The number of anilines is 2. The minimum atomic E-state index is -1.02. The van der Waals surface area contributed by atoms with E-state index in [4.69, 9.17) is 16.7 Å². The summed E-state index contributed by atoms with van der Waals surface area (Å²) in [6, 6.07) is 4.22. The first-order valence-corrected chi connectivity index (χ1v) is 13.0. The van der Waals surface area contributed by atoms with E-state index in [1.165, 1.54) is 55.1 Å². The van der Waals surface area contributed by atoms with Gasteiger partial charge < -0.3 is 19.8 Å². The van der Waals surface area contributed by atoms with E-state index in [0.717, 1.165) is 67.9 Å². The fourth-order valence-corrected chi connectivity index (χ4v) is 5.58. The minimum Gasteiger partial charge on any atom is -0.478 e. The Hall–Kier alpha value is -3.17. The van der Waals surface area contributed by atoms with E-state index in [0.29, 0.717) is 11.3 Å². The second kappa shape index (κ2) is 10.8. The van der Waals surface area contributed by atoms with Gasteiger partial charge in [-0.05, 0) is 81.6 Å². The van der Waals surface area contributed by atoms with Gasteiger partial charge in [0.1, 0.15) is 12.1 Å². The van der Waals surface area contributed by atoms with E-state index in [-0.39, 0.29) is 0 Å². The quantitative estimate of drug-likeness (QED) is 0.442. The molecule has 4 heterocycles. The number of nitrogens with zero attached hydrogens (tertiary/aromatic N) is 6. The largest absolute Gasteiger partial charge is 0.478 e. The maximum Gasteiger partial charge on any atom is 0.328 e. The fourth-order valence-electron chi connectivity index (χ4n) is 5.34. The van der Waals surface area contributed by atoms with Crippen LogP contribution in [0.4, 0.5) is 11.5 Å². The van der Waals surface area contributed by atoms with Gasteiger partial charge in [0, 0.05) is 43.0 Å². The summed E-state index contributed by atoms with van der Waals surface area (Å²) in [4.78, 5) is 26.9. The highest BCUT2D eigenvalue weighted by Gasteiger charge is 2.24. The Morgan fingerprint density at radius 2 is 1.86 bits per heavy atom. The third kappa shape index (κ3) is 5.32. The monoisotopic (exact) mass is 509 g/mol. The minimum absolute atomic E-state index is 0.525. The van der Waals surface area contributed by atoms with Gasteiger partial charge in [-0.2, -0.15) is 5.10 Å². The van der Waals surface area contributed by atoms with Gasteiger partial charge in [0.15, 0.2) is 5.65 Å². The van der Waals surface area contributed by atoms with Crippen LogP contribution >= 0.6 is 11.6 Å². The number of piperazine rings is 1. The number of halogens is 1. The van der Waals surface area contributed by atoms with Crippen LogP contribution in [0.1, 0.15) is 36.1 Å². The molecule has 0 atom stereocenters. The van der Waals surface area contributed by atoms with Crippen molar-refractivity contribution < 1.29 is 9.90 Å². The molecule has 2 aliphatic heterocycles. The molecule has 2 saturated heterocycles. The van der Waals surface area contributed by atoms with Gasteiger partial charge in [-0.25, -0.2) is 14.8 Å². The number of nitrogens with one attached hydrogen (secondary N) is 1. The normalized spacial score (nSPS) is 17.1. The molecule has 1 aromatic carbocycles. The average molecular weight is 510 g/mol. The van der Waals surface area contributed by atoms with Crippen molar-refractivity contribution in [2.24, 2.45) is 0 Å². The van der Waals surface area contributed by atoms with Gasteiger partial charge in [-0.15, -0.1) is 0 Å². The maximum atomic E-state index is 11.0. The number of carbonyl (C=O) groups is 1. The van der Waals surface area contributed by atoms with Crippen LogP contribution < -0.4 is 9.80 Å². The van der Waals surface area contributed by atoms with E-state index in [1.54, 1.807) is 0 Å². The lowest BCUT2D eigenvalue weighted by Gasteiger charge is -2.38. The maximum absolute atomic E-state index is 11.0. The zero-order valence-electron chi connectivity index (χ0n) is 20.6. The van der Waals surface area contributed by atoms with E-state index in [2.05, 4.69) is 53.9 Å². The highest BCUT2D eigenvalue weighted by molar-refractivity contribution is 6.31. The van der Waals surface area contributed by atoms with Gasteiger partial charge in [0.05, 0.1) is 11.1 Å². The molecular formula is C26H32ClN7O2. The van der Waals surface area contributed by atoms with Crippen LogP contribution in [0.15, 0.2) is 24.5 Å². The van der Waals surface area contributed by atoms with Crippen molar-refractivity contribution in [2.45, 2.75) is 32.6 Å². The molecule has 5 rings (SSSR count). The van der Waals surface area contributed by atoms with Crippen LogP contribution in [0, 0.1) is 6.92 Å². The number of fused-ring (bicyclic) bond motifs is 1. The first-order valence-electron chi connectivity index (χ1n) is 12.6. The van der Waals surface area contributed by atoms with Crippen molar-refractivity contribution >= 4 is 46.2 Å². The summed E-state index contributed by atoms with van der Waals surface area (Å²) in [6.45, 7) is 9.05. The molecule has 0 spiro atoms. The summed E-state index contributed by atoms with van der Waals surface area (Å²) in [6.07, 6.45) is 8.95. The van der Waals surface area contributed by atoms with Crippen molar-refractivity contribution in [1.29, 1.82) is 0 Å². The molecule has 2 N–H and O–H groups in total. The Morgan fingerprint density at radius 3 is 2.61 bits per heavy atom. The summed E-state index contributed by atoms with van der Waals surface area (Å²) in [7, 11) is 0. The zero-order valence-corrected chi connectivity index (χ0v) is 21.3. The van der Waals surface area contributed by atoms with Crippen LogP contribution in [0.5, 0.6) is 0 Å². The summed E-state index contributed by atoms with van der Waals surface area (Å²) >= 11 is 6.57. The molecule has 10 heteroatoms. The predicted octanol–water partition coefficient (Wildman–Crippen LogP) is 3.77. The number of benzene rings is 1. The Kier molecular flexibility index (Phi) is 7.38. The average Bonchev–Trinajstić information content (AvgIpc) is 3.55. The highest BCUT2D eigenvalue weighted by Crippen LogP contribution is 2.32. The van der Waals surface area contributed by atoms with E-state index >= 15 is 0 Å². The molecular weight excluding hydrogens is 478 g/mol. The Labute approximate surface area is 215 Å². The van der Waals surface area contributed by atoms with Gasteiger partial charge in [0.25, 0.3) is 0 Å². The van der Waals surface area contributed by atoms with Crippen molar-refractivity contribution in [1.82, 2.24) is 25.1 Å². The van der Waals surface area contributed by atoms with Crippen LogP contribution in [0.3, 0.4) is 0 Å². The lowest BCUT2D eigenvalue weighted by molar-refractivity contribution is -0.131. The van der Waals surface area contributed by atoms with Gasteiger partial charge >= 0.3 is 5.97 Å². The van der Waals surface area contributed by atoms with Gasteiger partial charge in [-0.1, -0.05) is 11.6 Å². The molecule has 3 aromatic rings. The molecule has 2 aliphatic rings. The van der Waals surface area contributed by atoms with Crippen LogP contribution in [-0.4, -0.2) is 82.0 Å². The molecule has 9 nitrogen and oxygen atoms in total. The van der Waals surface area contributed by atoms with Crippen molar-refractivity contribution in [2.75, 3.05) is 55.6 Å². The molecule has 0 saturated carbocycles. The topological polar surface area (TPSA) is 101 Å². The number of hydrogen-bond donors (Lipinski definition) is 2. The van der Waals surface area contributed by atoms with Crippen molar-refractivity contribution in [3.8, 4) is 0 Å². The lowest BCUT2D eigenvalue weighted by Crippen LogP contribution is -2.47. The van der Waals surface area contributed by atoms with Crippen LogP contribution in [-0.2, 0) is 11.2 Å². The third-order valence-electron chi connectivity index (χ3n) is 7.24. The number of carboxylic acid groups (broad SMARTS) is 1. The molecule has 190 valence electrons. The SMILES string of the molecule is Cc1c(CCCN2CCCC2)cc(Cl)cc1N1CCN(c2ncnc3n[nH]c(C=CC(=O)O)c23)CC1. The third-order valence-corrected chi connectivity index (χ3v) is 7.46. The lowest BCUT2D eigenvalue weighted by atomic mass is 10.0. The first-order chi connectivity index (χ1) is 17.5. The number of aliphatic carboxylic acids is 1. The first kappa shape index (κ1) is 24.5. The Bertz CT molecular complexity index is 1260. The van der Waals surface area contributed by atoms with Crippen LogP contribution in [0.25, 0.3) is 17.1 Å². The van der Waals surface area contributed by atoms with Crippen LogP contribution in [0.2, 0.25) is 5.02 Å². The Morgan fingerprint density at radius 1 is 1.11 bits per heavy atom. The molecule has 2 fully saturated rings. The Balaban J connectivity index is 1.29. The molecule has 2 aromatic heterocycles. The molecule has 0 unspecified atom stereocenters. The summed E-state index contributed by atoms with van der Waals surface area (Å²) in [5.41, 5.74) is 4.98. The smallest absolute Gasteiger partial charge is 0.328 e. The number of H-pyrrole nitrogens is 1. The standard InChI is InChI=1S/C26H32ClN7O2/c1-18-19(5-4-10-32-8-2-3-9-32)15-20(27)16-22(18)33-11-13-34(14-12-33)26-24-21(6-7-23(35)36)30-31-25(24)28-17-29-26/h6-7,15-17H,2-5,8-14H2,1H3,(H,35,36)(H,28,29,30,31). The van der Waals surface area contributed by atoms with E-state index in [1.807, 2.05) is 0 Å². The van der Waals surface area contributed by atoms with Gasteiger partial charge in [0.2, 0.25) is 0 Å². The number of rotatable bonds is 8. The van der Waals surface area contributed by atoms with Crippen molar-refractivity contribution in [3.63, 3.8) is 0 Å². The summed E-state index contributed by atoms with van der Waals surface area (Å²) < 4.78 is 0. The number of carboxylic acids is 1. The molecule has 0 bridgehead atoms. The van der Waals surface area contributed by atoms with Crippen molar-refractivity contribution in [3.05, 3.63) is 46.4 Å². The van der Waals surface area contributed by atoms with Gasteiger partial charge in [-0.3, -0.25) is 5.10 Å². The zero-order chi connectivity index (χ0) is 25.1. The second-order valence-corrected chi connectivity index (χ2v) is 9.98. The fraction of sp³-hybridized carbons (Fsp3) is 0.462. The predicted molar refractivity (Wildman–Crippen MR) is 143 cm³/mol. The second-order valence-electron chi connectivity index (χ2n) is 9.54. The number of hydrogen-bond acceptors (Lipinski definition) is 7. The molecule has 0 amide bonds. The number of aromatic amines is 1. The molecule has 0 aliphatic carbocycles. The summed E-state index contributed by atoms with van der Waals surface area (Å²) in [5.74, 6) is -0.249. The number of likely N-dealkylation sites (tertiary alicyclic amines) is 1.